The lowest BCUT2D eigenvalue weighted by Crippen LogP contribution is -2.25. The fraction of sp³-hybridized carbons (Fsp3) is 0.231. The first-order valence-electron chi connectivity index (χ1n) is 6.17. The molecule has 7 heteroatoms. The number of rotatable bonds is 5. The standard InChI is InChI=1S/C13H16N4O2S/c1-2-10-5-3-7-15-11(10)9-17-20(18,19)12-6-4-8-16-13(12)14/h3-8,17H,2,9H2,1H3,(H2,14,16). The van der Waals surface area contributed by atoms with Crippen LogP contribution in [0.15, 0.2) is 41.6 Å². The lowest BCUT2D eigenvalue weighted by Gasteiger charge is -2.10. The topological polar surface area (TPSA) is 98.0 Å². The highest BCUT2D eigenvalue weighted by Gasteiger charge is 2.18. The molecule has 106 valence electrons. The van der Waals surface area contributed by atoms with Gasteiger partial charge in [-0.15, -0.1) is 0 Å². The van der Waals surface area contributed by atoms with Gasteiger partial charge in [-0.25, -0.2) is 18.1 Å². The average Bonchev–Trinajstić information content (AvgIpc) is 2.46. The van der Waals surface area contributed by atoms with Crippen LogP contribution in [0.3, 0.4) is 0 Å². The van der Waals surface area contributed by atoms with Gasteiger partial charge in [0.25, 0.3) is 0 Å². The maximum absolute atomic E-state index is 12.2. The Morgan fingerprint density at radius 1 is 1.20 bits per heavy atom. The molecule has 0 radical (unpaired) electrons. The summed E-state index contributed by atoms with van der Waals surface area (Å²) in [7, 11) is -3.69. The molecule has 0 atom stereocenters. The Bertz CT molecular complexity index is 701. The first-order valence-corrected chi connectivity index (χ1v) is 7.66. The van der Waals surface area contributed by atoms with E-state index in [2.05, 4.69) is 14.7 Å². The minimum Gasteiger partial charge on any atom is -0.383 e. The maximum atomic E-state index is 12.2. The van der Waals surface area contributed by atoms with E-state index in [1.807, 2.05) is 19.1 Å². The zero-order valence-electron chi connectivity index (χ0n) is 11.1. The second-order valence-corrected chi connectivity index (χ2v) is 5.91. The highest BCUT2D eigenvalue weighted by atomic mass is 32.2. The lowest BCUT2D eigenvalue weighted by molar-refractivity contribution is 0.580. The summed E-state index contributed by atoms with van der Waals surface area (Å²) in [6.07, 6.45) is 3.88. The first kappa shape index (κ1) is 14.4. The molecule has 2 heterocycles. The van der Waals surface area contributed by atoms with Gasteiger partial charge in [-0.2, -0.15) is 0 Å². The molecule has 6 nitrogen and oxygen atoms in total. The summed E-state index contributed by atoms with van der Waals surface area (Å²) in [5.74, 6) is -0.0169. The van der Waals surface area contributed by atoms with E-state index in [0.29, 0.717) is 5.69 Å². The number of hydrogen-bond acceptors (Lipinski definition) is 5. The average molecular weight is 292 g/mol. The number of aryl methyl sites for hydroxylation is 1. The number of nitrogens with two attached hydrogens (primary N) is 1. The van der Waals surface area contributed by atoms with Crippen LogP contribution in [0.4, 0.5) is 5.82 Å². The van der Waals surface area contributed by atoms with Crippen molar-refractivity contribution >= 4 is 15.8 Å². The van der Waals surface area contributed by atoms with Gasteiger partial charge in [0.05, 0.1) is 12.2 Å². The van der Waals surface area contributed by atoms with Gasteiger partial charge in [0.15, 0.2) is 0 Å². The van der Waals surface area contributed by atoms with Gasteiger partial charge in [0.2, 0.25) is 10.0 Å². The molecule has 0 aliphatic rings. The highest BCUT2D eigenvalue weighted by molar-refractivity contribution is 7.89. The van der Waals surface area contributed by atoms with Gasteiger partial charge < -0.3 is 5.73 Å². The van der Waals surface area contributed by atoms with Gasteiger partial charge in [0.1, 0.15) is 10.7 Å². The van der Waals surface area contributed by atoms with Gasteiger partial charge in [-0.05, 0) is 30.2 Å². The monoisotopic (exact) mass is 292 g/mol. The molecule has 0 aliphatic heterocycles. The molecule has 0 aliphatic carbocycles. The van der Waals surface area contributed by atoms with Crippen LogP contribution in [-0.4, -0.2) is 18.4 Å². The van der Waals surface area contributed by atoms with Crippen molar-refractivity contribution in [3.8, 4) is 0 Å². The predicted molar refractivity (Wildman–Crippen MR) is 76.3 cm³/mol. The molecule has 3 N–H and O–H groups in total. The van der Waals surface area contributed by atoms with Crippen molar-refractivity contribution in [2.45, 2.75) is 24.8 Å². The van der Waals surface area contributed by atoms with Crippen molar-refractivity contribution in [2.75, 3.05) is 5.73 Å². The second kappa shape index (κ2) is 5.98. The fourth-order valence-corrected chi connectivity index (χ4v) is 2.89. The molecule has 0 unspecified atom stereocenters. The molecular weight excluding hydrogens is 276 g/mol. The van der Waals surface area contributed by atoms with Crippen LogP contribution in [0, 0.1) is 0 Å². The number of sulfonamides is 1. The number of aromatic nitrogens is 2. The Kier molecular flexibility index (Phi) is 4.31. The number of hydrogen-bond donors (Lipinski definition) is 2. The van der Waals surface area contributed by atoms with Crippen LogP contribution in [-0.2, 0) is 23.0 Å². The lowest BCUT2D eigenvalue weighted by atomic mass is 10.1. The summed E-state index contributed by atoms with van der Waals surface area (Å²) >= 11 is 0. The number of pyridine rings is 2. The SMILES string of the molecule is CCc1cccnc1CNS(=O)(=O)c1cccnc1N. The van der Waals surface area contributed by atoms with Crippen molar-refractivity contribution in [3.63, 3.8) is 0 Å². The van der Waals surface area contributed by atoms with Crippen molar-refractivity contribution < 1.29 is 8.42 Å². The molecule has 0 spiro atoms. The molecule has 0 aromatic carbocycles. The van der Waals surface area contributed by atoms with Crippen LogP contribution in [0.25, 0.3) is 0 Å². The van der Waals surface area contributed by atoms with E-state index in [4.69, 9.17) is 5.73 Å². The van der Waals surface area contributed by atoms with Crippen molar-refractivity contribution in [1.82, 2.24) is 14.7 Å². The minimum atomic E-state index is -3.69. The summed E-state index contributed by atoms with van der Waals surface area (Å²) in [4.78, 5) is 7.95. The summed E-state index contributed by atoms with van der Waals surface area (Å²) in [5.41, 5.74) is 7.30. The van der Waals surface area contributed by atoms with E-state index in [9.17, 15) is 8.42 Å². The van der Waals surface area contributed by atoms with Gasteiger partial charge in [-0.1, -0.05) is 13.0 Å². The predicted octanol–water partition coefficient (Wildman–Crippen LogP) is 1.10. The van der Waals surface area contributed by atoms with E-state index in [1.165, 1.54) is 18.3 Å². The van der Waals surface area contributed by atoms with Crippen molar-refractivity contribution in [2.24, 2.45) is 0 Å². The fourth-order valence-electron chi connectivity index (χ4n) is 1.82. The number of nitrogen functional groups attached to an aromatic ring is 1. The van der Waals surface area contributed by atoms with Gasteiger partial charge in [-0.3, -0.25) is 4.98 Å². The van der Waals surface area contributed by atoms with E-state index < -0.39 is 10.0 Å². The molecule has 0 bridgehead atoms. The summed E-state index contributed by atoms with van der Waals surface area (Å²) < 4.78 is 26.8. The number of nitrogens with one attached hydrogen (secondary N) is 1. The molecule has 0 fully saturated rings. The molecular formula is C13H16N4O2S. The Hall–Kier alpha value is -1.99. The molecule has 0 saturated carbocycles. The summed E-state index contributed by atoms with van der Waals surface area (Å²) in [6, 6.07) is 6.71. The van der Waals surface area contributed by atoms with Crippen LogP contribution in [0.1, 0.15) is 18.2 Å². The smallest absolute Gasteiger partial charge is 0.244 e. The van der Waals surface area contributed by atoms with Crippen LogP contribution in [0.5, 0.6) is 0 Å². The van der Waals surface area contributed by atoms with E-state index in [-0.39, 0.29) is 17.3 Å². The largest absolute Gasteiger partial charge is 0.383 e. The number of nitrogens with zero attached hydrogens (tertiary/aromatic N) is 2. The normalized spacial score (nSPS) is 11.4. The maximum Gasteiger partial charge on any atom is 0.244 e. The molecule has 2 rings (SSSR count). The molecule has 2 aromatic rings. The molecule has 20 heavy (non-hydrogen) atoms. The number of anilines is 1. The Morgan fingerprint density at radius 2 is 1.90 bits per heavy atom. The third kappa shape index (κ3) is 3.12. The Morgan fingerprint density at radius 3 is 2.60 bits per heavy atom. The molecule has 0 saturated heterocycles. The van der Waals surface area contributed by atoms with Gasteiger partial charge in [0, 0.05) is 12.4 Å². The zero-order valence-corrected chi connectivity index (χ0v) is 11.9. The van der Waals surface area contributed by atoms with E-state index in [0.717, 1.165) is 12.0 Å². The van der Waals surface area contributed by atoms with E-state index >= 15 is 0 Å². The van der Waals surface area contributed by atoms with Crippen molar-refractivity contribution in [3.05, 3.63) is 47.9 Å². The first-order chi connectivity index (χ1) is 9.54. The second-order valence-electron chi connectivity index (χ2n) is 4.17. The Balaban J connectivity index is 2.20. The third-order valence-electron chi connectivity index (χ3n) is 2.88. The van der Waals surface area contributed by atoms with Crippen LogP contribution >= 0.6 is 0 Å². The highest BCUT2D eigenvalue weighted by Crippen LogP contribution is 2.15. The molecule has 2 aromatic heterocycles. The molecule has 0 amide bonds. The Labute approximate surface area is 118 Å². The van der Waals surface area contributed by atoms with E-state index in [1.54, 1.807) is 6.20 Å². The van der Waals surface area contributed by atoms with Gasteiger partial charge >= 0.3 is 0 Å². The summed E-state index contributed by atoms with van der Waals surface area (Å²) in [6.45, 7) is 2.12. The summed E-state index contributed by atoms with van der Waals surface area (Å²) in [5, 5.41) is 0. The zero-order chi connectivity index (χ0) is 14.6. The minimum absolute atomic E-state index is 0.0169. The van der Waals surface area contributed by atoms with Crippen LogP contribution in [0.2, 0.25) is 0 Å². The van der Waals surface area contributed by atoms with Crippen LogP contribution < -0.4 is 10.5 Å². The van der Waals surface area contributed by atoms with Crippen molar-refractivity contribution in [1.29, 1.82) is 0 Å². The third-order valence-corrected chi connectivity index (χ3v) is 4.33. The quantitative estimate of drug-likeness (QED) is 0.860.